The molecule has 0 amide bonds. The van der Waals surface area contributed by atoms with Crippen LogP contribution in [0.2, 0.25) is 0 Å². The van der Waals surface area contributed by atoms with Gasteiger partial charge < -0.3 is 4.74 Å². The number of carbonyl (C=O) groups excluding carboxylic acids is 1. The third-order valence-corrected chi connectivity index (χ3v) is 2.90. The molecule has 1 aromatic heterocycles. The normalized spacial score (nSPS) is 10.2. The zero-order chi connectivity index (χ0) is 13.1. The number of pyridine rings is 1. The Morgan fingerprint density at radius 2 is 2.17 bits per heavy atom. The molecule has 0 atom stereocenters. The molecule has 0 aliphatic carbocycles. The lowest BCUT2D eigenvalue weighted by Gasteiger charge is -2.08. The minimum Gasteiger partial charge on any atom is -0.439 e. The fourth-order valence-corrected chi connectivity index (χ4v) is 1.77. The molecule has 0 aliphatic heterocycles. The van der Waals surface area contributed by atoms with Gasteiger partial charge in [-0.25, -0.2) is 9.37 Å². The van der Waals surface area contributed by atoms with E-state index in [0.29, 0.717) is 21.7 Å². The molecule has 0 radical (unpaired) electrons. The van der Waals surface area contributed by atoms with Crippen molar-refractivity contribution in [3.05, 3.63) is 51.9 Å². The highest BCUT2D eigenvalue weighted by molar-refractivity contribution is 9.10. The molecule has 2 aromatic rings. The van der Waals surface area contributed by atoms with Gasteiger partial charge in [-0.3, -0.25) is 4.79 Å². The van der Waals surface area contributed by atoms with Gasteiger partial charge in [0.1, 0.15) is 11.6 Å². The van der Waals surface area contributed by atoms with Gasteiger partial charge in [-0.15, -0.1) is 0 Å². The van der Waals surface area contributed by atoms with E-state index < -0.39 is 0 Å². The average Bonchev–Trinajstić information content (AvgIpc) is 2.36. The van der Waals surface area contributed by atoms with Gasteiger partial charge >= 0.3 is 0 Å². The summed E-state index contributed by atoms with van der Waals surface area (Å²) in [6.45, 7) is 1.79. The highest BCUT2D eigenvalue weighted by atomic mass is 79.9. The summed E-state index contributed by atoms with van der Waals surface area (Å²) in [5.41, 5.74) is 1.22. The van der Waals surface area contributed by atoms with Gasteiger partial charge in [0, 0.05) is 17.3 Å². The van der Waals surface area contributed by atoms with Gasteiger partial charge in [0.15, 0.2) is 6.29 Å². The van der Waals surface area contributed by atoms with Crippen LogP contribution in [-0.4, -0.2) is 11.3 Å². The average molecular weight is 310 g/mol. The maximum atomic E-state index is 13.1. The number of aromatic nitrogens is 1. The smallest absolute Gasteiger partial charge is 0.222 e. The molecule has 2 rings (SSSR count). The molecule has 1 aromatic carbocycles. The zero-order valence-electron chi connectivity index (χ0n) is 9.48. The van der Waals surface area contributed by atoms with E-state index in [2.05, 4.69) is 20.9 Å². The molecule has 0 fully saturated rings. The van der Waals surface area contributed by atoms with E-state index in [1.54, 1.807) is 13.0 Å². The Bertz CT molecular complexity index is 602. The molecule has 0 N–H and O–H groups in total. The molecule has 3 nitrogen and oxygen atoms in total. The van der Waals surface area contributed by atoms with Crippen LogP contribution in [0.25, 0.3) is 0 Å². The Morgan fingerprint density at radius 1 is 1.39 bits per heavy atom. The van der Waals surface area contributed by atoms with Crippen molar-refractivity contribution in [3.8, 4) is 11.6 Å². The predicted molar refractivity (Wildman–Crippen MR) is 68.5 cm³/mol. The number of hydrogen-bond donors (Lipinski definition) is 0. The second-order valence-electron chi connectivity index (χ2n) is 3.69. The van der Waals surface area contributed by atoms with Gasteiger partial charge in [-0.1, -0.05) is 0 Å². The lowest BCUT2D eigenvalue weighted by Crippen LogP contribution is -1.93. The number of aldehydes is 1. The van der Waals surface area contributed by atoms with Crippen LogP contribution in [-0.2, 0) is 0 Å². The summed E-state index contributed by atoms with van der Waals surface area (Å²) in [5, 5.41) is 0. The first kappa shape index (κ1) is 12.7. The van der Waals surface area contributed by atoms with E-state index in [1.807, 2.05) is 0 Å². The molecule has 5 heteroatoms. The third kappa shape index (κ3) is 2.73. The van der Waals surface area contributed by atoms with Crippen molar-refractivity contribution >= 4 is 22.2 Å². The molecular weight excluding hydrogens is 301 g/mol. The van der Waals surface area contributed by atoms with Crippen LogP contribution in [0.15, 0.2) is 34.9 Å². The maximum absolute atomic E-state index is 13.1. The van der Waals surface area contributed by atoms with Crippen molar-refractivity contribution in [2.24, 2.45) is 0 Å². The topological polar surface area (TPSA) is 39.2 Å². The maximum Gasteiger partial charge on any atom is 0.222 e. The number of nitrogens with zero attached hydrogens (tertiary/aromatic N) is 1. The van der Waals surface area contributed by atoms with Gasteiger partial charge in [0.25, 0.3) is 0 Å². The van der Waals surface area contributed by atoms with Crippen molar-refractivity contribution in [3.63, 3.8) is 0 Å². The Kier molecular flexibility index (Phi) is 3.72. The minimum atomic E-state index is -0.358. The fourth-order valence-electron chi connectivity index (χ4n) is 1.41. The number of aryl methyl sites for hydroxylation is 1. The SMILES string of the molecule is Cc1cc(C=O)cnc1Oc1ccc(F)c(Br)c1. The number of carbonyl (C=O) groups is 1. The first-order valence-electron chi connectivity index (χ1n) is 5.15. The second kappa shape index (κ2) is 5.27. The summed E-state index contributed by atoms with van der Waals surface area (Å²) in [6.07, 6.45) is 2.15. The van der Waals surface area contributed by atoms with Crippen molar-refractivity contribution in [2.45, 2.75) is 6.92 Å². The van der Waals surface area contributed by atoms with Crippen LogP contribution in [0.4, 0.5) is 4.39 Å². The minimum absolute atomic E-state index is 0.321. The predicted octanol–water partition coefficient (Wildman–Crippen LogP) is 3.90. The second-order valence-corrected chi connectivity index (χ2v) is 4.54. The van der Waals surface area contributed by atoms with Crippen LogP contribution in [0, 0.1) is 12.7 Å². The quantitative estimate of drug-likeness (QED) is 0.807. The molecule has 0 spiro atoms. The Balaban J connectivity index is 2.28. The fraction of sp³-hybridized carbons (Fsp3) is 0.0769. The molecule has 0 unspecified atom stereocenters. The van der Waals surface area contributed by atoms with E-state index in [1.165, 1.54) is 24.4 Å². The van der Waals surface area contributed by atoms with Crippen LogP contribution < -0.4 is 4.74 Å². The summed E-state index contributed by atoms with van der Waals surface area (Å²) in [6, 6.07) is 6.00. The number of benzene rings is 1. The first-order valence-corrected chi connectivity index (χ1v) is 5.94. The molecule has 0 bridgehead atoms. The monoisotopic (exact) mass is 309 g/mol. The summed E-state index contributed by atoms with van der Waals surface area (Å²) >= 11 is 3.08. The highest BCUT2D eigenvalue weighted by Gasteiger charge is 2.06. The molecule has 0 saturated heterocycles. The standard InChI is InChI=1S/C13H9BrFNO2/c1-8-4-9(7-17)6-16-13(8)18-10-2-3-12(15)11(14)5-10/h2-7H,1H3. The van der Waals surface area contributed by atoms with Crippen LogP contribution in [0.5, 0.6) is 11.6 Å². The molecular formula is C13H9BrFNO2. The van der Waals surface area contributed by atoms with E-state index in [9.17, 15) is 9.18 Å². The van der Waals surface area contributed by atoms with Crippen molar-refractivity contribution in [1.82, 2.24) is 4.98 Å². The lowest BCUT2D eigenvalue weighted by molar-refractivity contribution is 0.112. The summed E-state index contributed by atoms with van der Waals surface area (Å²) in [4.78, 5) is 14.6. The van der Waals surface area contributed by atoms with E-state index in [4.69, 9.17) is 4.74 Å². The third-order valence-electron chi connectivity index (χ3n) is 2.29. The van der Waals surface area contributed by atoms with E-state index >= 15 is 0 Å². The molecule has 0 saturated carbocycles. The van der Waals surface area contributed by atoms with Gasteiger partial charge in [-0.05, 0) is 47.1 Å². The van der Waals surface area contributed by atoms with Gasteiger partial charge in [0.05, 0.1) is 4.47 Å². The number of hydrogen-bond acceptors (Lipinski definition) is 3. The van der Waals surface area contributed by atoms with E-state index in [0.717, 1.165) is 11.8 Å². The van der Waals surface area contributed by atoms with Crippen LogP contribution in [0.3, 0.4) is 0 Å². The van der Waals surface area contributed by atoms with Crippen molar-refractivity contribution in [1.29, 1.82) is 0 Å². The molecule has 1 heterocycles. The molecule has 18 heavy (non-hydrogen) atoms. The zero-order valence-corrected chi connectivity index (χ0v) is 11.1. The summed E-state index contributed by atoms with van der Waals surface area (Å²) in [5.74, 6) is 0.500. The van der Waals surface area contributed by atoms with Crippen molar-refractivity contribution in [2.75, 3.05) is 0 Å². The summed E-state index contributed by atoms with van der Waals surface area (Å²) < 4.78 is 18.9. The van der Waals surface area contributed by atoms with Gasteiger partial charge in [0.2, 0.25) is 5.88 Å². The molecule has 0 aliphatic rings. The first-order chi connectivity index (χ1) is 8.60. The van der Waals surface area contributed by atoms with Crippen molar-refractivity contribution < 1.29 is 13.9 Å². The van der Waals surface area contributed by atoms with Crippen LogP contribution >= 0.6 is 15.9 Å². The number of halogens is 2. The molecule has 92 valence electrons. The highest BCUT2D eigenvalue weighted by Crippen LogP contribution is 2.27. The number of ether oxygens (including phenoxy) is 1. The summed E-state index contributed by atoms with van der Waals surface area (Å²) in [7, 11) is 0. The van der Waals surface area contributed by atoms with Crippen LogP contribution in [0.1, 0.15) is 15.9 Å². The Morgan fingerprint density at radius 3 is 2.78 bits per heavy atom. The lowest BCUT2D eigenvalue weighted by atomic mass is 10.2. The van der Waals surface area contributed by atoms with Gasteiger partial charge in [-0.2, -0.15) is 0 Å². The Hall–Kier alpha value is -1.75. The number of rotatable bonds is 3. The van der Waals surface area contributed by atoms with E-state index in [-0.39, 0.29) is 5.82 Å². The largest absolute Gasteiger partial charge is 0.439 e. The Labute approximate surface area is 112 Å².